The summed E-state index contributed by atoms with van der Waals surface area (Å²) in [5.41, 5.74) is 3.70. The molecule has 0 bridgehead atoms. The first-order chi connectivity index (χ1) is 13.4. The van der Waals surface area contributed by atoms with Crippen LogP contribution in [0.4, 0.5) is 11.4 Å². The molecule has 1 aromatic heterocycles. The van der Waals surface area contributed by atoms with E-state index in [9.17, 15) is 9.59 Å². The van der Waals surface area contributed by atoms with Crippen LogP contribution in [-0.4, -0.2) is 23.8 Å². The molecule has 5 nitrogen and oxygen atoms in total. The Bertz CT molecular complexity index is 1010. The average Bonchev–Trinajstić information content (AvgIpc) is 2.70. The minimum Gasteiger partial charge on any atom is -0.320 e. The second-order valence-electron chi connectivity index (χ2n) is 6.52. The van der Waals surface area contributed by atoms with Gasteiger partial charge in [-0.25, -0.2) is 0 Å². The van der Waals surface area contributed by atoms with Crippen molar-refractivity contribution in [2.45, 2.75) is 13.8 Å². The number of benzene rings is 2. The summed E-state index contributed by atoms with van der Waals surface area (Å²) in [6, 6.07) is 16.0. The van der Waals surface area contributed by atoms with Crippen molar-refractivity contribution < 1.29 is 9.59 Å². The van der Waals surface area contributed by atoms with Crippen LogP contribution in [0.25, 0.3) is 0 Å². The number of aryl methyl sites for hydroxylation is 2. The van der Waals surface area contributed by atoms with E-state index in [4.69, 9.17) is 11.6 Å². The van der Waals surface area contributed by atoms with Gasteiger partial charge in [0.15, 0.2) is 0 Å². The van der Waals surface area contributed by atoms with Gasteiger partial charge in [-0.3, -0.25) is 14.6 Å². The summed E-state index contributed by atoms with van der Waals surface area (Å²) in [6.45, 7) is 3.82. The lowest BCUT2D eigenvalue weighted by Crippen LogP contribution is -2.27. The van der Waals surface area contributed by atoms with Gasteiger partial charge in [0.1, 0.15) is 5.69 Å². The largest absolute Gasteiger partial charge is 0.320 e. The number of para-hydroxylation sites is 1. The van der Waals surface area contributed by atoms with Gasteiger partial charge in [0.25, 0.3) is 11.8 Å². The number of amides is 2. The lowest BCUT2D eigenvalue weighted by molar-refractivity contribution is 0.0988. The molecule has 0 saturated carbocycles. The molecule has 2 amide bonds. The Kier molecular flexibility index (Phi) is 5.76. The fourth-order valence-corrected chi connectivity index (χ4v) is 3.26. The minimum atomic E-state index is -0.354. The number of nitrogens with zero attached hydrogens (tertiary/aromatic N) is 2. The third-order valence-electron chi connectivity index (χ3n) is 4.36. The van der Waals surface area contributed by atoms with E-state index in [1.54, 1.807) is 19.2 Å². The molecule has 0 unspecified atom stereocenters. The molecule has 0 spiro atoms. The highest BCUT2D eigenvalue weighted by atomic mass is 35.5. The Morgan fingerprint density at radius 2 is 1.75 bits per heavy atom. The zero-order chi connectivity index (χ0) is 20.3. The molecule has 0 aliphatic carbocycles. The van der Waals surface area contributed by atoms with E-state index < -0.39 is 0 Å². The predicted molar refractivity (Wildman–Crippen MR) is 112 cm³/mol. The van der Waals surface area contributed by atoms with Crippen molar-refractivity contribution in [2.75, 3.05) is 17.3 Å². The number of rotatable bonds is 4. The Labute approximate surface area is 169 Å². The van der Waals surface area contributed by atoms with Crippen LogP contribution in [0.1, 0.15) is 32.0 Å². The van der Waals surface area contributed by atoms with E-state index in [2.05, 4.69) is 10.3 Å². The molecule has 28 heavy (non-hydrogen) atoms. The van der Waals surface area contributed by atoms with Crippen molar-refractivity contribution in [1.29, 1.82) is 0 Å². The number of carbonyl (C=O) groups is 2. The molecule has 1 heterocycles. The summed E-state index contributed by atoms with van der Waals surface area (Å²) in [6.07, 6.45) is 1.45. The summed E-state index contributed by atoms with van der Waals surface area (Å²) >= 11 is 6.27. The molecule has 0 radical (unpaired) electrons. The maximum Gasteiger partial charge on any atom is 0.276 e. The predicted octanol–water partition coefficient (Wildman–Crippen LogP) is 4.88. The molecular formula is C22H20ClN3O2. The minimum absolute atomic E-state index is 0.186. The van der Waals surface area contributed by atoms with Crippen molar-refractivity contribution in [2.24, 2.45) is 0 Å². The zero-order valence-electron chi connectivity index (χ0n) is 15.9. The van der Waals surface area contributed by atoms with Gasteiger partial charge in [0, 0.05) is 24.5 Å². The third kappa shape index (κ3) is 4.21. The number of pyridine rings is 1. The van der Waals surface area contributed by atoms with Crippen LogP contribution in [0.2, 0.25) is 5.02 Å². The molecule has 0 saturated heterocycles. The monoisotopic (exact) mass is 393 g/mol. The van der Waals surface area contributed by atoms with Crippen LogP contribution >= 0.6 is 11.6 Å². The van der Waals surface area contributed by atoms with Crippen LogP contribution in [0, 0.1) is 13.8 Å². The van der Waals surface area contributed by atoms with Gasteiger partial charge >= 0.3 is 0 Å². The number of halogens is 1. The summed E-state index contributed by atoms with van der Waals surface area (Å²) in [7, 11) is 1.67. The van der Waals surface area contributed by atoms with Crippen molar-refractivity contribution in [3.8, 4) is 0 Å². The molecule has 2 aromatic carbocycles. The summed E-state index contributed by atoms with van der Waals surface area (Å²) in [5, 5.41) is 3.30. The molecule has 0 aliphatic rings. The lowest BCUT2D eigenvalue weighted by atomic mass is 10.1. The third-order valence-corrected chi connectivity index (χ3v) is 4.66. The van der Waals surface area contributed by atoms with Gasteiger partial charge in [-0.15, -0.1) is 0 Å². The molecule has 0 fully saturated rings. The molecule has 6 heteroatoms. The quantitative estimate of drug-likeness (QED) is 0.687. The highest BCUT2D eigenvalue weighted by Gasteiger charge is 2.18. The number of hydrogen-bond donors (Lipinski definition) is 1. The first kappa shape index (κ1) is 19.6. The van der Waals surface area contributed by atoms with Gasteiger partial charge in [-0.05, 0) is 55.3 Å². The van der Waals surface area contributed by atoms with Crippen molar-refractivity contribution >= 4 is 34.8 Å². The van der Waals surface area contributed by atoms with E-state index in [1.807, 2.05) is 50.2 Å². The molecule has 0 aliphatic heterocycles. The molecule has 1 N–H and O–H groups in total. The second kappa shape index (κ2) is 8.23. The second-order valence-corrected chi connectivity index (χ2v) is 6.93. The fraction of sp³-hybridized carbons (Fsp3) is 0.136. The van der Waals surface area contributed by atoms with Gasteiger partial charge in [0.05, 0.1) is 10.7 Å². The van der Waals surface area contributed by atoms with Gasteiger partial charge in [0.2, 0.25) is 0 Å². The normalized spacial score (nSPS) is 10.4. The van der Waals surface area contributed by atoms with Crippen LogP contribution in [0.3, 0.4) is 0 Å². The summed E-state index contributed by atoms with van der Waals surface area (Å²) in [5.74, 6) is -0.655. The van der Waals surface area contributed by atoms with E-state index in [1.165, 1.54) is 17.2 Å². The molecular weight excluding hydrogens is 374 g/mol. The summed E-state index contributed by atoms with van der Waals surface area (Å²) < 4.78 is 0. The Morgan fingerprint density at radius 3 is 2.43 bits per heavy atom. The number of nitrogens with one attached hydrogen (secondary N) is 1. The molecule has 0 atom stereocenters. The van der Waals surface area contributed by atoms with Crippen LogP contribution in [0.15, 0.2) is 60.8 Å². The Hall–Kier alpha value is -3.18. The Balaban J connectivity index is 1.83. The van der Waals surface area contributed by atoms with E-state index in [-0.39, 0.29) is 17.5 Å². The smallest absolute Gasteiger partial charge is 0.276 e. The highest BCUT2D eigenvalue weighted by Crippen LogP contribution is 2.27. The lowest BCUT2D eigenvalue weighted by Gasteiger charge is -2.17. The SMILES string of the molecule is Cc1cc(C)c(NC(=O)c2ccnc(C(=O)N(C)c3ccccc3)c2)c(Cl)c1. The van der Waals surface area contributed by atoms with Crippen LogP contribution < -0.4 is 10.2 Å². The molecule has 142 valence electrons. The Morgan fingerprint density at radius 1 is 1.04 bits per heavy atom. The number of aromatic nitrogens is 1. The highest BCUT2D eigenvalue weighted by molar-refractivity contribution is 6.34. The first-order valence-corrected chi connectivity index (χ1v) is 9.12. The topological polar surface area (TPSA) is 62.3 Å². The molecule has 3 rings (SSSR count). The fourth-order valence-electron chi connectivity index (χ4n) is 2.89. The van der Waals surface area contributed by atoms with Crippen LogP contribution in [-0.2, 0) is 0 Å². The van der Waals surface area contributed by atoms with Gasteiger partial charge in [-0.2, -0.15) is 0 Å². The van der Waals surface area contributed by atoms with Gasteiger partial charge in [-0.1, -0.05) is 35.9 Å². The van der Waals surface area contributed by atoms with Gasteiger partial charge < -0.3 is 10.2 Å². The van der Waals surface area contributed by atoms with Crippen molar-refractivity contribution in [3.05, 3.63) is 88.2 Å². The zero-order valence-corrected chi connectivity index (χ0v) is 16.6. The number of carbonyl (C=O) groups excluding carboxylic acids is 2. The number of hydrogen-bond acceptors (Lipinski definition) is 3. The average molecular weight is 394 g/mol. The van der Waals surface area contributed by atoms with E-state index in [0.717, 1.165) is 16.8 Å². The number of anilines is 2. The van der Waals surface area contributed by atoms with E-state index >= 15 is 0 Å². The maximum absolute atomic E-state index is 12.7. The van der Waals surface area contributed by atoms with Crippen LogP contribution in [0.5, 0.6) is 0 Å². The maximum atomic E-state index is 12.7. The standard InChI is InChI=1S/C22H20ClN3O2/c1-14-11-15(2)20(18(23)12-14)25-21(27)16-9-10-24-19(13-16)22(28)26(3)17-7-5-4-6-8-17/h4-13H,1-3H3,(H,25,27). The van der Waals surface area contributed by atoms with Crippen molar-refractivity contribution in [3.63, 3.8) is 0 Å². The first-order valence-electron chi connectivity index (χ1n) is 8.74. The van der Waals surface area contributed by atoms with E-state index in [0.29, 0.717) is 16.3 Å². The summed E-state index contributed by atoms with van der Waals surface area (Å²) in [4.78, 5) is 31.0. The van der Waals surface area contributed by atoms with Crippen molar-refractivity contribution in [1.82, 2.24) is 4.98 Å². The molecule has 3 aromatic rings.